The van der Waals surface area contributed by atoms with E-state index < -0.39 is 22.0 Å². The van der Waals surface area contributed by atoms with E-state index in [9.17, 15) is 13.2 Å². The van der Waals surface area contributed by atoms with E-state index in [1.807, 2.05) is 4.72 Å². The Hall–Kier alpha value is -1.11. The Morgan fingerprint density at radius 1 is 1.50 bits per heavy atom. The number of sulfonamides is 1. The van der Waals surface area contributed by atoms with Gasteiger partial charge in [0.25, 0.3) is 0 Å². The van der Waals surface area contributed by atoms with Crippen LogP contribution in [0.25, 0.3) is 0 Å². The van der Waals surface area contributed by atoms with E-state index >= 15 is 0 Å². The number of carboxylic acids is 1. The van der Waals surface area contributed by atoms with Gasteiger partial charge in [-0.05, 0) is 25.1 Å². The van der Waals surface area contributed by atoms with Crippen molar-refractivity contribution in [2.75, 3.05) is 0 Å². The fourth-order valence-electron chi connectivity index (χ4n) is 0.985. The highest BCUT2D eigenvalue weighted by atomic mass is 35.5. The molecule has 1 aromatic carbocycles. The predicted molar refractivity (Wildman–Crippen MR) is 58.9 cm³/mol. The normalized spacial score (nSPS) is 13.4. The van der Waals surface area contributed by atoms with Gasteiger partial charge in [0.05, 0.1) is 4.90 Å². The van der Waals surface area contributed by atoms with E-state index in [-0.39, 0.29) is 9.92 Å². The fraction of sp³-hybridized carbons (Fsp3) is 0.222. The summed E-state index contributed by atoms with van der Waals surface area (Å²) < 4.78 is 25.3. The number of nitrogens with one attached hydrogen (secondary N) is 1. The van der Waals surface area contributed by atoms with Crippen molar-refractivity contribution in [3.63, 3.8) is 0 Å². The first kappa shape index (κ1) is 13.0. The van der Waals surface area contributed by atoms with E-state index in [4.69, 9.17) is 16.7 Å². The van der Waals surface area contributed by atoms with E-state index in [0.717, 1.165) is 0 Å². The molecular formula is C9H10ClNO4S. The lowest BCUT2D eigenvalue weighted by Crippen LogP contribution is -2.38. The zero-order chi connectivity index (χ0) is 12.3. The molecule has 0 saturated heterocycles. The molecule has 0 spiro atoms. The first-order chi connectivity index (χ1) is 7.33. The van der Waals surface area contributed by atoms with Crippen molar-refractivity contribution in [2.24, 2.45) is 0 Å². The average molecular weight is 264 g/mol. The van der Waals surface area contributed by atoms with Gasteiger partial charge in [-0.15, -0.1) is 0 Å². The second-order valence-corrected chi connectivity index (χ2v) is 5.29. The summed E-state index contributed by atoms with van der Waals surface area (Å²) in [5.74, 6) is -1.24. The third-order valence-corrected chi connectivity index (χ3v) is 3.58. The van der Waals surface area contributed by atoms with Gasteiger partial charge in [-0.1, -0.05) is 17.7 Å². The molecule has 0 aliphatic carbocycles. The summed E-state index contributed by atoms with van der Waals surface area (Å²) in [4.78, 5) is 10.5. The lowest BCUT2D eigenvalue weighted by Gasteiger charge is -2.10. The number of hydrogen-bond donors (Lipinski definition) is 2. The van der Waals surface area contributed by atoms with Crippen molar-refractivity contribution in [2.45, 2.75) is 17.9 Å². The van der Waals surface area contributed by atoms with Crippen LogP contribution in [0.4, 0.5) is 0 Å². The lowest BCUT2D eigenvalue weighted by atomic mass is 10.4. The highest BCUT2D eigenvalue weighted by molar-refractivity contribution is 7.89. The van der Waals surface area contributed by atoms with Crippen molar-refractivity contribution in [1.29, 1.82) is 0 Å². The zero-order valence-corrected chi connectivity index (χ0v) is 9.92. The van der Waals surface area contributed by atoms with Gasteiger partial charge in [-0.3, -0.25) is 4.79 Å². The zero-order valence-electron chi connectivity index (χ0n) is 8.34. The summed E-state index contributed by atoms with van der Waals surface area (Å²) in [5.41, 5.74) is 0. The SMILES string of the molecule is C[C@@H](NS(=O)(=O)c1cccc(Cl)c1)C(=O)O. The second kappa shape index (κ2) is 4.82. The monoisotopic (exact) mass is 263 g/mol. The maximum atomic E-state index is 11.7. The summed E-state index contributed by atoms with van der Waals surface area (Å²) in [6.45, 7) is 1.24. The van der Waals surface area contributed by atoms with Gasteiger partial charge in [0.2, 0.25) is 10.0 Å². The summed E-state index contributed by atoms with van der Waals surface area (Å²) in [6, 6.07) is 4.40. The Morgan fingerprint density at radius 2 is 2.12 bits per heavy atom. The maximum Gasteiger partial charge on any atom is 0.321 e. The molecule has 88 valence electrons. The molecule has 0 aliphatic heterocycles. The molecule has 1 atom stereocenters. The molecule has 16 heavy (non-hydrogen) atoms. The third kappa shape index (κ3) is 3.19. The molecule has 0 aromatic heterocycles. The highest BCUT2D eigenvalue weighted by Gasteiger charge is 2.21. The molecule has 7 heteroatoms. The lowest BCUT2D eigenvalue weighted by molar-refractivity contribution is -0.138. The number of carbonyl (C=O) groups is 1. The maximum absolute atomic E-state index is 11.7. The molecule has 0 bridgehead atoms. The molecule has 0 amide bonds. The topological polar surface area (TPSA) is 83.5 Å². The number of rotatable bonds is 4. The van der Waals surface area contributed by atoms with E-state index in [1.165, 1.54) is 31.2 Å². The fourth-order valence-corrected chi connectivity index (χ4v) is 2.48. The van der Waals surface area contributed by atoms with Gasteiger partial charge in [0.1, 0.15) is 6.04 Å². The molecule has 5 nitrogen and oxygen atoms in total. The number of aliphatic carboxylic acids is 1. The van der Waals surface area contributed by atoms with Crippen molar-refractivity contribution < 1.29 is 18.3 Å². The van der Waals surface area contributed by atoms with E-state index in [2.05, 4.69) is 0 Å². The molecule has 1 rings (SSSR count). The van der Waals surface area contributed by atoms with Crippen molar-refractivity contribution in [3.8, 4) is 0 Å². The van der Waals surface area contributed by atoms with E-state index in [1.54, 1.807) is 0 Å². The van der Waals surface area contributed by atoms with Crippen LogP contribution in [0.1, 0.15) is 6.92 Å². The Morgan fingerprint density at radius 3 is 2.62 bits per heavy atom. The van der Waals surface area contributed by atoms with Gasteiger partial charge < -0.3 is 5.11 Å². The van der Waals surface area contributed by atoms with Crippen LogP contribution in [0, 0.1) is 0 Å². The molecule has 0 saturated carbocycles. The molecular weight excluding hydrogens is 254 g/mol. The van der Waals surface area contributed by atoms with Crippen molar-refractivity contribution >= 4 is 27.6 Å². The Labute approximate surface area is 98.1 Å². The van der Waals surface area contributed by atoms with Crippen molar-refractivity contribution in [3.05, 3.63) is 29.3 Å². The Balaban J connectivity index is 2.99. The molecule has 0 fully saturated rings. The first-order valence-corrected chi connectivity index (χ1v) is 6.20. The van der Waals surface area contributed by atoms with Gasteiger partial charge >= 0.3 is 5.97 Å². The van der Waals surface area contributed by atoms with Crippen molar-refractivity contribution in [1.82, 2.24) is 4.72 Å². The molecule has 0 unspecified atom stereocenters. The largest absolute Gasteiger partial charge is 0.480 e. The second-order valence-electron chi connectivity index (χ2n) is 3.14. The van der Waals surface area contributed by atoms with Crippen LogP contribution in [-0.2, 0) is 14.8 Å². The third-order valence-electron chi connectivity index (χ3n) is 1.81. The summed E-state index contributed by atoms with van der Waals surface area (Å²) in [5, 5.41) is 8.86. The smallest absolute Gasteiger partial charge is 0.321 e. The molecule has 0 radical (unpaired) electrons. The number of hydrogen-bond acceptors (Lipinski definition) is 3. The quantitative estimate of drug-likeness (QED) is 0.852. The van der Waals surface area contributed by atoms with Gasteiger partial charge in [-0.25, -0.2) is 8.42 Å². The van der Waals surface area contributed by atoms with Crippen LogP contribution in [0.15, 0.2) is 29.2 Å². The molecule has 0 heterocycles. The average Bonchev–Trinajstić information content (AvgIpc) is 2.17. The number of benzene rings is 1. The number of halogens is 1. The molecule has 0 aliphatic rings. The van der Waals surface area contributed by atoms with Crippen LogP contribution in [0.2, 0.25) is 5.02 Å². The van der Waals surface area contributed by atoms with Gasteiger partial charge in [0.15, 0.2) is 0 Å². The Kier molecular flexibility index (Phi) is 3.90. The molecule has 1 aromatic rings. The minimum atomic E-state index is -3.84. The minimum Gasteiger partial charge on any atom is -0.480 e. The van der Waals surface area contributed by atoms with Gasteiger partial charge in [0, 0.05) is 5.02 Å². The van der Waals surface area contributed by atoms with E-state index in [0.29, 0.717) is 0 Å². The van der Waals surface area contributed by atoms with Crippen LogP contribution in [-0.4, -0.2) is 25.5 Å². The summed E-state index contributed by atoms with van der Waals surface area (Å²) in [6.07, 6.45) is 0. The highest BCUT2D eigenvalue weighted by Crippen LogP contribution is 2.15. The van der Waals surface area contributed by atoms with Gasteiger partial charge in [-0.2, -0.15) is 4.72 Å². The predicted octanol–water partition coefficient (Wildman–Crippen LogP) is 1.09. The van der Waals surface area contributed by atoms with Crippen LogP contribution < -0.4 is 4.72 Å². The Bertz CT molecular complexity index is 500. The van der Waals surface area contributed by atoms with Crippen LogP contribution >= 0.6 is 11.6 Å². The van der Waals surface area contributed by atoms with Crippen LogP contribution in [0.3, 0.4) is 0 Å². The summed E-state index contributed by atoms with van der Waals surface area (Å²) in [7, 11) is -3.84. The number of carboxylic acid groups (broad SMARTS) is 1. The minimum absolute atomic E-state index is 0.0619. The standard InChI is InChI=1S/C9H10ClNO4S/c1-6(9(12)13)11-16(14,15)8-4-2-3-7(10)5-8/h2-6,11H,1H3,(H,12,13)/t6-/m1/s1. The first-order valence-electron chi connectivity index (χ1n) is 4.33. The molecule has 2 N–H and O–H groups in total. The summed E-state index contributed by atoms with van der Waals surface area (Å²) >= 11 is 5.64. The van der Waals surface area contributed by atoms with Crippen LogP contribution in [0.5, 0.6) is 0 Å².